The maximum atomic E-state index is 12.8. The number of rotatable bonds is 2. The Morgan fingerprint density at radius 1 is 1.33 bits per heavy atom. The molecule has 3 aliphatic rings. The van der Waals surface area contributed by atoms with E-state index in [1.807, 2.05) is 18.2 Å². The van der Waals surface area contributed by atoms with Crippen molar-refractivity contribution < 1.29 is 14.3 Å². The maximum Gasteiger partial charge on any atom is 0.338 e. The first-order valence-electron chi connectivity index (χ1n) is 7.65. The second-order valence-corrected chi connectivity index (χ2v) is 6.55. The average molecular weight is 285 g/mol. The standard InChI is InChI=1S/C17H19NO3/c1-21-15(19)13-4-2-3-11-9-17(10-14(11)13)7-8-18(16(17)20)12-5-6-12/h2-4,12H,5-10H2,1H3. The number of esters is 1. The summed E-state index contributed by atoms with van der Waals surface area (Å²) in [7, 11) is 1.40. The molecule has 4 nitrogen and oxygen atoms in total. The zero-order chi connectivity index (χ0) is 14.6. The molecule has 1 heterocycles. The minimum atomic E-state index is -0.298. The van der Waals surface area contributed by atoms with Crippen molar-refractivity contribution in [3.05, 3.63) is 34.9 Å². The highest BCUT2D eigenvalue weighted by atomic mass is 16.5. The van der Waals surface area contributed by atoms with Gasteiger partial charge >= 0.3 is 5.97 Å². The van der Waals surface area contributed by atoms with Crippen molar-refractivity contribution in [1.29, 1.82) is 0 Å². The van der Waals surface area contributed by atoms with E-state index in [2.05, 4.69) is 4.90 Å². The summed E-state index contributed by atoms with van der Waals surface area (Å²) in [5, 5.41) is 0. The van der Waals surface area contributed by atoms with Crippen molar-refractivity contribution >= 4 is 11.9 Å². The Hall–Kier alpha value is -1.84. The summed E-state index contributed by atoms with van der Waals surface area (Å²) >= 11 is 0. The summed E-state index contributed by atoms with van der Waals surface area (Å²) in [6.45, 7) is 0.880. The lowest BCUT2D eigenvalue weighted by Gasteiger charge is -2.22. The number of carbonyl (C=O) groups is 2. The molecule has 1 aliphatic heterocycles. The van der Waals surface area contributed by atoms with Crippen LogP contribution in [0.3, 0.4) is 0 Å². The van der Waals surface area contributed by atoms with Crippen LogP contribution in [0.4, 0.5) is 0 Å². The third-order valence-corrected chi connectivity index (χ3v) is 5.26. The lowest BCUT2D eigenvalue weighted by Crippen LogP contribution is -2.36. The monoisotopic (exact) mass is 285 g/mol. The second-order valence-electron chi connectivity index (χ2n) is 6.55. The zero-order valence-corrected chi connectivity index (χ0v) is 12.2. The molecule has 1 unspecified atom stereocenters. The van der Waals surface area contributed by atoms with Crippen molar-refractivity contribution in [2.24, 2.45) is 5.41 Å². The summed E-state index contributed by atoms with van der Waals surface area (Å²) in [5.41, 5.74) is 2.50. The van der Waals surface area contributed by atoms with E-state index in [0.717, 1.165) is 43.4 Å². The highest BCUT2D eigenvalue weighted by Gasteiger charge is 2.53. The number of benzene rings is 1. The van der Waals surface area contributed by atoms with Crippen LogP contribution >= 0.6 is 0 Å². The van der Waals surface area contributed by atoms with Crippen LogP contribution in [0, 0.1) is 5.41 Å². The van der Waals surface area contributed by atoms with E-state index in [-0.39, 0.29) is 11.4 Å². The third kappa shape index (κ3) is 1.81. The smallest absolute Gasteiger partial charge is 0.338 e. The molecule has 1 saturated heterocycles. The molecule has 0 radical (unpaired) electrons. The first kappa shape index (κ1) is 12.9. The van der Waals surface area contributed by atoms with Gasteiger partial charge in [-0.15, -0.1) is 0 Å². The molecule has 1 aromatic carbocycles. The SMILES string of the molecule is COC(=O)c1cccc2c1CC1(CCN(C3CC3)C1=O)C2. The van der Waals surface area contributed by atoms with Gasteiger partial charge in [0.15, 0.2) is 0 Å². The van der Waals surface area contributed by atoms with Crippen molar-refractivity contribution in [3.63, 3.8) is 0 Å². The highest BCUT2D eigenvalue weighted by Crippen LogP contribution is 2.48. The van der Waals surface area contributed by atoms with Gasteiger partial charge in [-0.05, 0) is 49.3 Å². The topological polar surface area (TPSA) is 46.6 Å². The van der Waals surface area contributed by atoms with Crippen molar-refractivity contribution in [2.75, 3.05) is 13.7 Å². The fraction of sp³-hybridized carbons (Fsp3) is 0.529. The number of likely N-dealkylation sites (tertiary alicyclic amines) is 1. The number of nitrogens with zero attached hydrogens (tertiary/aromatic N) is 1. The molecule has 1 amide bonds. The van der Waals surface area contributed by atoms with Crippen LogP contribution in [0.1, 0.15) is 40.7 Å². The van der Waals surface area contributed by atoms with Gasteiger partial charge in [0, 0.05) is 12.6 Å². The van der Waals surface area contributed by atoms with E-state index in [1.165, 1.54) is 7.11 Å². The maximum absolute atomic E-state index is 12.8. The van der Waals surface area contributed by atoms with E-state index >= 15 is 0 Å². The van der Waals surface area contributed by atoms with Crippen LogP contribution in [0.5, 0.6) is 0 Å². The molecule has 4 heteroatoms. The molecule has 110 valence electrons. The summed E-state index contributed by atoms with van der Waals surface area (Å²) < 4.78 is 4.87. The molecule has 4 rings (SSSR count). The van der Waals surface area contributed by atoms with Gasteiger partial charge in [-0.25, -0.2) is 4.79 Å². The van der Waals surface area contributed by atoms with Crippen LogP contribution in [0.25, 0.3) is 0 Å². The molecule has 1 aromatic rings. The fourth-order valence-corrected chi connectivity index (χ4v) is 3.99. The number of hydrogen-bond donors (Lipinski definition) is 0. The summed E-state index contributed by atoms with van der Waals surface area (Å²) in [5.74, 6) is 0.00501. The van der Waals surface area contributed by atoms with Gasteiger partial charge in [-0.1, -0.05) is 12.1 Å². The summed E-state index contributed by atoms with van der Waals surface area (Å²) in [4.78, 5) is 26.8. The predicted octanol–water partition coefficient (Wildman–Crippen LogP) is 1.95. The Labute approximate surface area is 124 Å². The molecule has 0 aromatic heterocycles. The Balaban J connectivity index is 1.68. The Morgan fingerprint density at radius 3 is 2.86 bits per heavy atom. The van der Waals surface area contributed by atoms with Gasteiger partial charge in [0.2, 0.25) is 5.91 Å². The minimum Gasteiger partial charge on any atom is -0.465 e. The fourth-order valence-electron chi connectivity index (χ4n) is 3.99. The Morgan fingerprint density at radius 2 is 2.14 bits per heavy atom. The highest BCUT2D eigenvalue weighted by molar-refractivity contribution is 5.93. The number of methoxy groups -OCH3 is 1. The minimum absolute atomic E-state index is 0.297. The van der Waals surface area contributed by atoms with E-state index in [1.54, 1.807) is 0 Å². The van der Waals surface area contributed by atoms with E-state index in [4.69, 9.17) is 4.74 Å². The molecular formula is C17H19NO3. The number of hydrogen-bond acceptors (Lipinski definition) is 3. The van der Waals surface area contributed by atoms with Crippen molar-refractivity contribution in [3.8, 4) is 0 Å². The lowest BCUT2D eigenvalue weighted by atomic mass is 9.83. The molecule has 0 N–H and O–H groups in total. The molecule has 1 spiro atoms. The van der Waals surface area contributed by atoms with Gasteiger partial charge in [0.25, 0.3) is 0 Å². The van der Waals surface area contributed by atoms with E-state index < -0.39 is 0 Å². The van der Waals surface area contributed by atoms with Gasteiger partial charge in [0.1, 0.15) is 0 Å². The van der Waals surface area contributed by atoms with E-state index in [9.17, 15) is 9.59 Å². The molecule has 2 fully saturated rings. The van der Waals surface area contributed by atoms with E-state index in [0.29, 0.717) is 23.9 Å². The number of carbonyl (C=O) groups excluding carboxylic acids is 2. The van der Waals surface area contributed by atoms with Crippen LogP contribution < -0.4 is 0 Å². The molecule has 2 aliphatic carbocycles. The lowest BCUT2D eigenvalue weighted by molar-refractivity contribution is -0.136. The number of amides is 1. The van der Waals surface area contributed by atoms with Crippen LogP contribution in [0.15, 0.2) is 18.2 Å². The molecule has 1 saturated carbocycles. The zero-order valence-electron chi connectivity index (χ0n) is 12.2. The van der Waals surface area contributed by atoms with Gasteiger partial charge in [0.05, 0.1) is 18.1 Å². The number of fused-ring (bicyclic) bond motifs is 1. The normalized spacial score (nSPS) is 27.3. The summed E-state index contributed by atoms with van der Waals surface area (Å²) in [6, 6.07) is 6.23. The number of ether oxygens (including phenoxy) is 1. The van der Waals surface area contributed by atoms with Gasteiger partial charge in [-0.3, -0.25) is 4.79 Å². The van der Waals surface area contributed by atoms with Crippen LogP contribution in [0.2, 0.25) is 0 Å². The third-order valence-electron chi connectivity index (χ3n) is 5.26. The molecule has 21 heavy (non-hydrogen) atoms. The first-order chi connectivity index (χ1) is 10.1. The Kier molecular flexibility index (Phi) is 2.65. The Bertz CT molecular complexity index is 635. The van der Waals surface area contributed by atoms with Gasteiger partial charge in [-0.2, -0.15) is 0 Å². The first-order valence-corrected chi connectivity index (χ1v) is 7.65. The molecule has 1 atom stereocenters. The van der Waals surface area contributed by atoms with Crippen molar-refractivity contribution in [1.82, 2.24) is 4.90 Å². The summed E-state index contributed by atoms with van der Waals surface area (Å²) in [6.07, 6.45) is 4.69. The van der Waals surface area contributed by atoms with Gasteiger partial charge < -0.3 is 9.64 Å². The average Bonchev–Trinajstić information content (AvgIpc) is 3.19. The largest absolute Gasteiger partial charge is 0.465 e. The van der Waals surface area contributed by atoms with Crippen LogP contribution in [-0.4, -0.2) is 36.5 Å². The second kappa shape index (κ2) is 4.33. The van der Waals surface area contributed by atoms with Crippen LogP contribution in [-0.2, 0) is 22.4 Å². The predicted molar refractivity (Wildman–Crippen MR) is 77.0 cm³/mol. The molecule has 0 bridgehead atoms. The molecular weight excluding hydrogens is 266 g/mol. The van der Waals surface area contributed by atoms with Crippen molar-refractivity contribution in [2.45, 2.75) is 38.1 Å². The quantitative estimate of drug-likeness (QED) is 0.780.